The first-order chi connectivity index (χ1) is 4.96. The van der Waals surface area contributed by atoms with E-state index in [1.54, 1.807) is 0 Å². The molecule has 0 saturated carbocycles. The van der Waals surface area contributed by atoms with Crippen molar-refractivity contribution in [2.24, 2.45) is 0 Å². The summed E-state index contributed by atoms with van der Waals surface area (Å²) in [5.41, 5.74) is 0. The van der Waals surface area contributed by atoms with Crippen LogP contribution in [0.2, 0.25) is 0 Å². The smallest absolute Gasteiger partial charge is 1.00 e. The van der Waals surface area contributed by atoms with Gasteiger partial charge in [-0.2, -0.15) is 4.48 Å². The molecule has 2 amide bonds. The molecule has 0 aromatic carbocycles. The van der Waals surface area contributed by atoms with Gasteiger partial charge in [-0.05, 0) is 0 Å². The van der Waals surface area contributed by atoms with Crippen molar-refractivity contribution in [3.05, 3.63) is 25.3 Å². The third-order valence-electron chi connectivity index (χ3n) is 1.45. The molecule has 4 heteroatoms. The average molecular weight is 178 g/mol. The van der Waals surface area contributed by atoms with Gasteiger partial charge in [0, 0.05) is 12.2 Å². The van der Waals surface area contributed by atoms with Crippen LogP contribution in [0.4, 0.5) is 0 Å². The molecule has 0 unspecified atom stereocenters. The van der Waals surface area contributed by atoms with Gasteiger partial charge in [-0.15, -0.1) is 0 Å². The minimum atomic E-state index is -0.354. The largest absolute Gasteiger partial charge is 1.00 e. The zero-order chi connectivity index (χ0) is 9.07. The van der Waals surface area contributed by atoms with E-state index in [2.05, 4.69) is 13.2 Å². The molecule has 0 heterocycles. The fourth-order valence-electron chi connectivity index (χ4n) is 0.565. The van der Waals surface area contributed by atoms with Crippen LogP contribution in [-0.4, -0.2) is 30.4 Å². The Kier molecular flexibility index (Phi) is 6.48. The summed E-state index contributed by atoms with van der Waals surface area (Å²) in [6.45, 7) is 6.58. The quantitative estimate of drug-likeness (QED) is 0.268. The third-order valence-corrected chi connectivity index (χ3v) is 1.45. The van der Waals surface area contributed by atoms with Crippen LogP contribution in [-0.2, 0) is 9.59 Å². The Morgan fingerprint density at radius 3 is 1.58 bits per heavy atom. The number of rotatable bonds is 2. The Labute approximate surface area is 96.1 Å². The van der Waals surface area contributed by atoms with E-state index in [1.165, 1.54) is 14.1 Å². The Morgan fingerprint density at radius 2 is 1.42 bits per heavy atom. The number of imide groups is 1. The number of hydrogen-bond acceptors (Lipinski definition) is 2. The molecule has 0 aliphatic rings. The van der Waals surface area contributed by atoms with Crippen LogP contribution in [0.1, 0.15) is 1.43 Å². The van der Waals surface area contributed by atoms with Gasteiger partial charge in [0.2, 0.25) is 0 Å². The first kappa shape index (κ1) is 14.3. The van der Waals surface area contributed by atoms with E-state index in [1.807, 2.05) is 0 Å². The number of hydrogen-bond donors (Lipinski definition) is 0. The number of nitrogens with zero attached hydrogens (tertiary/aromatic N) is 1. The van der Waals surface area contributed by atoms with Gasteiger partial charge in [-0.25, -0.2) is 9.59 Å². The zero-order valence-corrected chi connectivity index (χ0v) is 9.83. The molecule has 12 heavy (non-hydrogen) atoms. The van der Waals surface area contributed by atoms with Gasteiger partial charge in [0.05, 0.1) is 14.1 Å². The maximum atomic E-state index is 11.0. The fourth-order valence-corrected chi connectivity index (χ4v) is 0.565. The fraction of sp³-hybridized carbons (Fsp3) is 0.250. The van der Waals surface area contributed by atoms with Crippen molar-refractivity contribution in [2.75, 3.05) is 14.1 Å². The number of amides is 2. The van der Waals surface area contributed by atoms with E-state index in [0.29, 0.717) is 0 Å². The Hall–Kier alpha value is -0.220. The summed E-state index contributed by atoms with van der Waals surface area (Å²) < 4.78 is -0.354. The second-order valence-corrected chi connectivity index (χ2v) is 2.54. The predicted molar refractivity (Wildman–Crippen MR) is 43.6 cm³/mol. The summed E-state index contributed by atoms with van der Waals surface area (Å²) in [5.74, 6) is -0.676. The molecule has 0 saturated heterocycles. The Bertz CT molecular complexity index is 204. The summed E-state index contributed by atoms with van der Waals surface area (Å²) in [6, 6.07) is 0. The van der Waals surface area contributed by atoms with Crippen LogP contribution in [0, 0.1) is 0 Å². The van der Waals surface area contributed by atoms with E-state index >= 15 is 0 Å². The average Bonchev–Trinajstić information content (AvgIpc) is 2.01. The van der Waals surface area contributed by atoms with Gasteiger partial charge in [0.1, 0.15) is 0 Å². The van der Waals surface area contributed by atoms with Crippen LogP contribution >= 0.6 is 0 Å². The molecular formula is C8H13NNaO2+. The Balaban J connectivity index is -0.000000500. The molecule has 0 N–H and O–H groups in total. The van der Waals surface area contributed by atoms with Gasteiger partial charge >= 0.3 is 41.4 Å². The zero-order valence-electron chi connectivity index (χ0n) is 8.83. The summed E-state index contributed by atoms with van der Waals surface area (Å²) >= 11 is 0. The minimum Gasteiger partial charge on any atom is -1.00 e. The first-order valence-electron chi connectivity index (χ1n) is 3.14. The van der Waals surface area contributed by atoms with Crippen molar-refractivity contribution in [1.82, 2.24) is 0 Å². The summed E-state index contributed by atoms with van der Waals surface area (Å²) in [4.78, 5) is 22.0. The van der Waals surface area contributed by atoms with Crippen LogP contribution in [0.5, 0.6) is 0 Å². The van der Waals surface area contributed by atoms with Gasteiger partial charge in [0.25, 0.3) is 0 Å². The van der Waals surface area contributed by atoms with E-state index in [-0.39, 0.29) is 47.3 Å². The normalized spacial score (nSPS) is 9.50. The number of quaternary nitrogens is 1. The molecule has 0 atom stereocenters. The van der Waals surface area contributed by atoms with Crippen LogP contribution < -0.4 is 29.6 Å². The molecule has 0 aliphatic carbocycles. The Morgan fingerprint density at radius 1 is 1.17 bits per heavy atom. The van der Waals surface area contributed by atoms with E-state index in [9.17, 15) is 9.59 Å². The second-order valence-electron chi connectivity index (χ2n) is 2.54. The first-order valence-corrected chi connectivity index (χ1v) is 3.14. The van der Waals surface area contributed by atoms with Crippen molar-refractivity contribution in [1.29, 1.82) is 0 Å². The molecule has 62 valence electrons. The molecule has 0 fully saturated rings. The summed E-state index contributed by atoms with van der Waals surface area (Å²) in [5, 5.41) is 0. The maximum absolute atomic E-state index is 11.0. The molecule has 0 aromatic heterocycles. The van der Waals surface area contributed by atoms with Gasteiger partial charge in [0.15, 0.2) is 0 Å². The van der Waals surface area contributed by atoms with Crippen LogP contribution in [0.15, 0.2) is 25.3 Å². The summed E-state index contributed by atoms with van der Waals surface area (Å²) in [6.07, 6.45) is 2.25. The molecule has 0 radical (unpaired) electrons. The SMILES string of the molecule is C=CC(=O)[N+](C)(C)C(=O)C=C.[H-].[Na+]. The molecular weight excluding hydrogens is 165 g/mol. The summed E-state index contributed by atoms with van der Waals surface area (Å²) in [7, 11) is 2.99. The van der Waals surface area contributed by atoms with Crippen LogP contribution in [0.3, 0.4) is 0 Å². The monoisotopic (exact) mass is 178 g/mol. The number of carbonyl (C=O) groups excluding carboxylic acids is 2. The standard InChI is InChI=1S/C8H12NO2.Na.H/c1-5-7(10)9(3,4)8(11)6-2;;/h5-6H,1-2H2,3-4H3;;/q2*+1;-1. The molecule has 0 bridgehead atoms. The van der Waals surface area contributed by atoms with Crippen molar-refractivity contribution in [3.63, 3.8) is 0 Å². The number of likely N-dealkylation sites (N-methyl/N-ethyl adjacent to an activating group) is 1. The van der Waals surface area contributed by atoms with Crippen molar-refractivity contribution in [2.45, 2.75) is 0 Å². The molecule has 0 rings (SSSR count). The molecule has 0 spiro atoms. The van der Waals surface area contributed by atoms with E-state index in [4.69, 9.17) is 0 Å². The number of carbonyl (C=O) groups is 2. The minimum absolute atomic E-state index is 0. The van der Waals surface area contributed by atoms with Crippen molar-refractivity contribution < 1.29 is 45.1 Å². The van der Waals surface area contributed by atoms with Crippen LogP contribution in [0.25, 0.3) is 0 Å². The molecule has 0 aromatic rings. The van der Waals surface area contributed by atoms with Gasteiger partial charge in [-0.3, -0.25) is 0 Å². The second kappa shape index (κ2) is 5.43. The molecule has 0 aliphatic heterocycles. The predicted octanol–water partition coefficient (Wildman–Crippen LogP) is -2.40. The maximum Gasteiger partial charge on any atom is 1.00 e. The van der Waals surface area contributed by atoms with Gasteiger partial charge in [-0.1, -0.05) is 13.2 Å². The topological polar surface area (TPSA) is 34.1 Å². The molecule has 3 nitrogen and oxygen atoms in total. The van der Waals surface area contributed by atoms with E-state index in [0.717, 1.165) is 12.2 Å². The third kappa shape index (κ3) is 3.03. The van der Waals surface area contributed by atoms with Crippen molar-refractivity contribution in [3.8, 4) is 0 Å². The van der Waals surface area contributed by atoms with Gasteiger partial charge < -0.3 is 1.43 Å². The van der Waals surface area contributed by atoms with E-state index < -0.39 is 0 Å². The van der Waals surface area contributed by atoms with Crippen molar-refractivity contribution >= 4 is 11.8 Å².